The van der Waals surface area contributed by atoms with Gasteiger partial charge in [0.2, 0.25) is 0 Å². The Balaban J connectivity index is 1.80. The fourth-order valence-electron chi connectivity index (χ4n) is 2.36. The van der Waals surface area contributed by atoms with Gasteiger partial charge >= 0.3 is 0 Å². The summed E-state index contributed by atoms with van der Waals surface area (Å²) in [6.07, 6.45) is 0. The number of nitrogens with zero attached hydrogens (tertiary/aromatic N) is 4. The fraction of sp³-hybridized carbons (Fsp3) is 0. The Labute approximate surface area is 148 Å². The Hall–Kier alpha value is -3.19. The molecule has 0 amide bonds. The number of fused-ring (bicyclic) bond motifs is 1. The summed E-state index contributed by atoms with van der Waals surface area (Å²) in [5.41, 5.74) is 13.9. The maximum Gasteiger partial charge on any atom is 0.186 e. The van der Waals surface area contributed by atoms with Crippen molar-refractivity contribution >= 4 is 34.6 Å². The van der Waals surface area contributed by atoms with E-state index >= 15 is 0 Å². The molecule has 0 radical (unpaired) electrons. The molecule has 2 aromatic carbocycles. The first kappa shape index (κ1) is 15.3. The van der Waals surface area contributed by atoms with E-state index in [2.05, 4.69) is 19.9 Å². The maximum absolute atomic E-state index is 6.10. The predicted molar refractivity (Wildman–Crippen MR) is 100.0 cm³/mol. The topological polar surface area (TPSA) is 104 Å². The third-order valence-corrected chi connectivity index (χ3v) is 4.54. The molecule has 6 nitrogen and oxygen atoms in total. The van der Waals surface area contributed by atoms with Crippen LogP contribution in [0.2, 0.25) is 0 Å². The summed E-state index contributed by atoms with van der Waals surface area (Å²) in [6.45, 7) is 0. The van der Waals surface area contributed by atoms with Gasteiger partial charge in [-0.15, -0.1) is 0 Å². The van der Waals surface area contributed by atoms with Crippen LogP contribution in [0.15, 0.2) is 70.6 Å². The number of rotatable bonds is 3. The SMILES string of the molecule is Nc1nc2nc(-c3ccccc3)nc(N)c2nc1Sc1ccccc1. The van der Waals surface area contributed by atoms with Crippen molar-refractivity contribution in [2.45, 2.75) is 9.92 Å². The van der Waals surface area contributed by atoms with Crippen LogP contribution in [0.5, 0.6) is 0 Å². The molecule has 122 valence electrons. The summed E-state index contributed by atoms with van der Waals surface area (Å²) in [4.78, 5) is 18.8. The van der Waals surface area contributed by atoms with Gasteiger partial charge in [0.25, 0.3) is 0 Å². The fourth-order valence-corrected chi connectivity index (χ4v) is 3.16. The predicted octanol–water partition coefficient (Wildman–Crippen LogP) is 3.40. The van der Waals surface area contributed by atoms with Gasteiger partial charge in [-0.05, 0) is 12.1 Å². The summed E-state index contributed by atoms with van der Waals surface area (Å²) >= 11 is 1.43. The molecule has 2 aromatic heterocycles. The van der Waals surface area contributed by atoms with Crippen molar-refractivity contribution in [3.05, 3.63) is 60.7 Å². The molecule has 0 bridgehead atoms. The lowest BCUT2D eigenvalue weighted by atomic mass is 10.2. The summed E-state index contributed by atoms with van der Waals surface area (Å²) in [5, 5.41) is 0.585. The molecule has 0 aliphatic rings. The van der Waals surface area contributed by atoms with Gasteiger partial charge < -0.3 is 11.5 Å². The van der Waals surface area contributed by atoms with E-state index in [9.17, 15) is 0 Å². The van der Waals surface area contributed by atoms with E-state index in [-0.39, 0.29) is 5.82 Å². The number of nitrogen functional groups attached to an aromatic ring is 2. The standard InChI is InChI=1S/C18H14N6S/c19-14-13-17(24-16(22-14)11-7-3-1-4-8-11)23-15(20)18(21-13)25-12-9-5-2-6-10-12/h1-10H,(H4,19,20,22,23,24). The van der Waals surface area contributed by atoms with Gasteiger partial charge in [-0.25, -0.2) is 19.9 Å². The maximum atomic E-state index is 6.10. The average molecular weight is 346 g/mol. The van der Waals surface area contributed by atoms with Crippen LogP contribution >= 0.6 is 11.8 Å². The van der Waals surface area contributed by atoms with Crippen molar-refractivity contribution in [3.63, 3.8) is 0 Å². The van der Waals surface area contributed by atoms with Gasteiger partial charge in [0.05, 0.1) is 0 Å². The lowest BCUT2D eigenvalue weighted by Gasteiger charge is -2.08. The van der Waals surface area contributed by atoms with Crippen molar-refractivity contribution in [3.8, 4) is 11.4 Å². The molecule has 0 unspecified atom stereocenters. The Kier molecular flexibility index (Phi) is 3.91. The number of hydrogen-bond donors (Lipinski definition) is 2. The molecule has 25 heavy (non-hydrogen) atoms. The lowest BCUT2D eigenvalue weighted by Crippen LogP contribution is -2.04. The number of anilines is 2. The number of nitrogens with two attached hydrogens (primary N) is 2. The third-order valence-electron chi connectivity index (χ3n) is 3.54. The molecule has 7 heteroatoms. The Morgan fingerprint density at radius 3 is 2.08 bits per heavy atom. The molecule has 0 spiro atoms. The molecule has 4 rings (SSSR count). The molecular weight excluding hydrogens is 332 g/mol. The molecular formula is C18H14N6S. The molecule has 0 saturated carbocycles. The molecule has 4 N–H and O–H groups in total. The van der Waals surface area contributed by atoms with Crippen molar-refractivity contribution in [1.29, 1.82) is 0 Å². The second kappa shape index (κ2) is 6.37. The molecule has 0 aliphatic heterocycles. The van der Waals surface area contributed by atoms with Crippen molar-refractivity contribution < 1.29 is 0 Å². The van der Waals surface area contributed by atoms with Crippen LogP contribution < -0.4 is 11.5 Å². The van der Waals surface area contributed by atoms with Crippen LogP contribution in [0.3, 0.4) is 0 Å². The summed E-state index contributed by atoms with van der Waals surface area (Å²) in [6, 6.07) is 19.4. The molecule has 0 aliphatic carbocycles. The van der Waals surface area contributed by atoms with Crippen LogP contribution in [0.1, 0.15) is 0 Å². The zero-order valence-corrected chi connectivity index (χ0v) is 13.9. The van der Waals surface area contributed by atoms with Gasteiger partial charge in [0.1, 0.15) is 5.03 Å². The highest BCUT2D eigenvalue weighted by Gasteiger charge is 2.14. The van der Waals surface area contributed by atoms with Gasteiger partial charge in [-0.1, -0.05) is 60.3 Å². The normalized spacial score (nSPS) is 10.9. The van der Waals surface area contributed by atoms with E-state index in [1.807, 2.05) is 60.7 Å². The minimum atomic E-state index is 0.284. The van der Waals surface area contributed by atoms with Crippen LogP contribution in [-0.4, -0.2) is 19.9 Å². The number of hydrogen-bond acceptors (Lipinski definition) is 7. The smallest absolute Gasteiger partial charge is 0.186 e. The van der Waals surface area contributed by atoms with Crippen LogP contribution in [0.4, 0.5) is 11.6 Å². The second-order valence-electron chi connectivity index (χ2n) is 5.30. The average Bonchev–Trinajstić information content (AvgIpc) is 2.64. The molecule has 0 fully saturated rings. The van der Waals surface area contributed by atoms with E-state index < -0.39 is 0 Å². The van der Waals surface area contributed by atoms with E-state index in [1.54, 1.807) is 0 Å². The van der Waals surface area contributed by atoms with Gasteiger partial charge in [0, 0.05) is 10.5 Å². The van der Waals surface area contributed by atoms with E-state index in [0.717, 1.165) is 10.5 Å². The zero-order valence-electron chi connectivity index (χ0n) is 13.1. The highest BCUT2D eigenvalue weighted by Crippen LogP contribution is 2.31. The molecule has 0 saturated heterocycles. The number of benzene rings is 2. The summed E-state index contributed by atoms with van der Waals surface area (Å²) in [5.74, 6) is 1.10. The first-order valence-corrected chi connectivity index (χ1v) is 8.41. The summed E-state index contributed by atoms with van der Waals surface area (Å²) in [7, 11) is 0. The van der Waals surface area contributed by atoms with Crippen molar-refractivity contribution in [1.82, 2.24) is 19.9 Å². The number of aromatic nitrogens is 4. The van der Waals surface area contributed by atoms with E-state index in [4.69, 9.17) is 11.5 Å². The van der Waals surface area contributed by atoms with E-state index in [1.165, 1.54) is 11.8 Å². The lowest BCUT2D eigenvalue weighted by molar-refractivity contribution is 1.09. The van der Waals surface area contributed by atoms with Crippen LogP contribution in [0, 0.1) is 0 Å². The Morgan fingerprint density at radius 2 is 1.36 bits per heavy atom. The van der Waals surface area contributed by atoms with Gasteiger partial charge in [-0.3, -0.25) is 0 Å². The highest BCUT2D eigenvalue weighted by atomic mass is 32.2. The quantitative estimate of drug-likeness (QED) is 0.586. The van der Waals surface area contributed by atoms with Crippen molar-refractivity contribution in [2.24, 2.45) is 0 Å². The van der Waals surface area contributed by atoms with Gasteiger partial charge in [0.15, 0.2) is 28.6 Å². The first-order chi connectivity index (χ1) is 12.2. The Morgan fingerprint density at radius 1 is 0.680 bits per heavy atom. The van der Waals surface area contributed by atoms with Crippen molar-refractivity contribution in [2.75, 3.05) is 11.5 Å². The minimum Gasteiger partial charge on any atom is -0.382 e. The summed E-state index contributed by atoms with van der Waals surface area (Å²) < 4.78 is 0. The van der Waals surface area contributed by atoms with Gasteiger partial charge in [-0.2, -0.15) is 0 Å². The second-order valence-corrected chi connectivity index (χ2v) is 6.36. The van der Waals surface area contributed by atoms with Crippen LogP contribution in [-0.2, 0) is 0 Å². The molecule has 0 atom stereocenters. The third kappa shape index (κ3) is 3.09. The molecule has 4 aromatic rings. The van der Waals surface area contributed by atoms with E-state index in [0.29, 0.717) is 27.8 Å². The minimum absolute atomic E-state index is 0.284. The largest absolute Gasteiger partial charge is 0.382 e. The molecule has 2 heterocycles. The highest BCUT2D eigenvalue weighted by molar-refractivity contribution is 7.99. The zero-order chi connectivity index (χ0) is 17.2. The van der Waals surface area contributed by atoms with Crippen LogP contribution in [0.25, 0.3) is 22.6 Å². The monoisotopic (exact) mass is 346 g/mol. The Bertz CT molecular complexity index is 1040. The first-order valence-electron chi connectivity index (χ1n) is 7.60.